The molecule has 3 aromatic carbocycles. The maximum atomic E-state index is 14.4. The molecule has 0 bridgehead atoms. The van der Waals surface area contributed by atoms with Gasteiger partial charge in [0, 0.05) is 15.1 Å². The molecule has 0 unspecified atom stereocenters. The minimum Gasteiger partial charge on any atom is -0.493 e. The molecule has 45 heavy (non-hydrogen) atoms. The van der Waals surface area contributed by atoms with Gasteiger partial charge in [0.15, 0.2) is 22.0 Å². The predicted molar refractivity (Wildman–Crippen MR) is 164 cm³/mol. The van der Waals surface area contributed by atoms with Crippen molar-refractivity contribution in [3.05, 3.63) is 124 Å². The molecule has 0 N–H and O–H groups in total. The van der Waals surface area contributed by atoms with Crippen molar-refractivity contribution in [3.8, 4) is 11.5 Å². The molecule has 1 aliphatic heterocycles. The van der Waals surface area contributed by atoms with E-state index in [2.05, 4.69) is 20.9 Å². The Balaban J connectivity index is 1.72. The van der Waals surface area contributed by atoms with Crippen molar-refractivity contribution >= 4 is 50.9 Å². The van der Waals surface area contributed by atoms with E-state index in [9.17, 15) is 27.2 Å². The topological polar surface area (TPSA) is 79.1 Å². The highest BCUT2D eigenvalue weighted by Crippen LogP contribution is 2.39. The monoisotopic (exact) mass is 724 g/mol. The highest BCUT2D eigenvalue weighted by Gasteiger charge is 2.45. The number of allylic oxidation sites excluding steroid dienone is 1. The number of carbonyl (C=O) groups is 1. The first-order chi connectivity index (χ1) is 21.4. The number of ether oxygens (including phenoxy) is 3. The number of thiazole rings is 1. The van der Waals surface area contributed by atoms with Crippen LogP contribution in [0.1, 0.15) is 29.7 Å². The highest BCUT2D eigenvalue weighted by molar-refractivity contribution is 9.10. The van der Waals surface area contributed by atoms with Gasteiger partial charge in [0.25, 0.3) is 5.56 Å². The minimum atomic E-state index is -5.04. The van der Waals surface area contributed by atoms with Crippen LogP contribution in [0.2, 0.25) is 5.02 Å². The molecular weight excluding hydrogens is 704 g/mol. The van der Waals surface area contributed by atoms with Crippen LogP contribution in [0.15, 0.2) is 86.2 Å². The first-order valence-electron chi connectivity index (χ1n) is 13.2. The third kappa shape index (κ3) is 6.85. The van der Waals surface area contributed by atoms with Crippen molar-refractivity contribution in [2.75, 3.05) is 13.7 Å². The normalized spacial score (nSPS) is 15.0. The standard InChI is InChI=1S/C31H22BrClF4N2O5S/c1-3-43-29(41)24-25(17-6-8-20(33)9-7-17)39-28(40)23(45-30(39)38-27(24)31(35,36)37)13-18-12-19(32)14-22(42-2)26(18)44-15-16-4-10-21(34)11-5-16/h4-14,25H,3,15H2,1-2H3/b23-13-/t25-/m1/s1. The Morgan fingerprint density at radius 2 is 1.82 bits per heavy atom. The summed E-state index contributed by atoms with van der Waals surface area (Å²) < 4.78 is 74.7. The molecule has 0 radical (unpaired) electrons. The van der Waals surface area contributed by atoms with Crippen molar-refractivity contribution in [1.82, 2.24) is 4.57 Å². The Morgan fingerprint density at radius 3 is 2.44 bits per heavy atom. The van der Waals surface area contributed by atoms with Crippen LogP contribution in [-0.2, 0) is 16.1 Å². The molecule has 0 amide bonds. The molecule has 1 aliphatic rings. The number of rotatable bonds is 8. The lowest BCUT2D eigenvalue weighted by Gasteiger charge is -2.26. The van der Waals surface area contributed by atoms with Crippen LogP contribution in [-0.4, -0.2) is 30.4 Å². The quantitative estimate of drug-likeness (QED) is 0.154. The molecule has 2 heterocycles. The van der Waals surface area contributed by atoms with E-state index in [0.29, 0.717) is 37.7 Å². The second-order valence-corrected chi connectivity index (χ2v) is 11.9. The van der Waals surface area contributed by atoms with Crippen LogP contribution in [0, 0.1) is 5.82 Å². The molecule has 14 heteroatoms. The number of benzene rings is 3. The van der Waals surface area contributed by atoms with Crippen molar-refractivity contribution in [2.45, 2.75) is 25.7 Å². The van der Waals surface area contributed by atoms with Gasteiger partial charge < -0.3 is 14.2 Å². The predicted octanol–water partition coefficient (Wildman–Crippen LogP) is 6.48. The van der Waals surface area contributed by atoms with Gasteiger partial charge in [-0.15, -0.1) is 0 Å². The highest BCUT2D eigenvalue weighted by atomic mass is 79.9. The fourth-order valence-electron chi connectivity index (χ4n) is 4.68. The van der Waals surface area contributed by atoms with Gasteiger partial charge in [-0.2, -0.15) is 13.2 Å². The summed E-state index contributed by atoms with van der Waals surface area (Å²) in [6, 6.07) is 13.2. The van der Waals surface area contributed by atoms with Crippen molar-refractivity contribution in [1.29, 1.82) is 0 Å². The smallest absolute Gasteiger partial charge is 0.434 e. The number of fused-ring (bicyclic) bond motifs is 1. The number of carbonyl (C=O) groups excluding carboxylic acids is 1. The average molecular weight is 726 g/mol. The van der Waals surface area contributed by atoms with Gasteiger partial charge in [0.05, 0.1) is 29.9 Å². The lowest BCUT2D eigenvalue weighted by atomic mass is 9.95. The lowest BCUT2D eigenvalue weighted by molar-refractivity contribution is -0.140. The van der Waals surface area contributed by atoms with Crippen molar-refractivity contribution in [3.63, 3.8) is 0 Å². The molecule has 0 fully saturated rings. The van der Waals surface area contributed by atoms with Gasteiger partial charge in [0.2, 0.25) is 0 Å². The van der Waals surface area contributed by atoms with Gasteiger partial charge in [-0.05, 0) is 60.5 Å². The Kier molecular flexibility index (Phi) is 9.52. The summed E-state index contributed by atoms with van der Waals surface area (Å²) in [7, 11) is 1.42. The summed E-state index contributed by atoms with van der Waals surface area (Å²) in [5.74, 6) is -1.13. The summed E-state index contributed by atoms with van der Waals surface area (Å²) in [5.41, 5.74) is -1.78. The summed E-state index contributed by atoms with van der Waals surface area (Å²) in [6.07, 6.45) is -3.60. The summed E-state index contributed by atoms with van der Waals surface area (Å²) in [6.45, 7) is 1.28. The third-order valence-electron chi connectivity index (χ3n) is 6.63. The molecule has 0 aliphatic carbocycles. The second kappa shape index (κ2) is 13.2. The van der Waals surface area contributed by atoms with Crippen LogP contribution in [0.3, 0.4) is 0 Å². The molecule has 234 valence electrons. The zero-order valence-corrected chi connectivity index (χ0v) is 26.6. The van der Waals surface area contributed by atoms with E-state index in [-0.39, 0.29) is 33.9 Å². The Labute approximate surface area is 270 Å². The summed E-state index contributed by atoms with van der Waals surface area (Å²) in [5, 5.41) is 0.306. The number of hydrogen-bond acceptors (Lipinski definition) is 7. The summed E-state index contributed by atoms with van der Waals surface area (Å²) >= 11 is 10.2. The van der Waals surface area contributed by atoms with Crippen LogP contribution < -0.4 is 24.4 Å². The number of esters is 1. The molecule has 5 rings (SSSR count). The van der Waals surface area contributed by atoms with Gasteiger partial charge >= 0.3 is 12.1 Å². The Morgan fingerprint density at radius 1 is 1.13 bits per heavy atom. The third-order valence-corrected chi connectivity index (χ3v) is 8.32. The van der Waals surface area contributed by atoms with Crippen molar-refractivity contribution < 1.29 is 36.6 Å². The molecule has 1 aromatic heterocycles. The lowest BCUT2D eigenvalue weighted by Crippen LogP contribution is -2.41. The Bertz CT molecular complexity index is 1970. The van der Waals surface area contributed by atoms with Crippen LogP contribution in [0.5, 0.6) is 11.5 Å². The molecule has 4 aromatic rings. The van der Waals surface area contributed by atoms with Crippen LogP contribution in [0.4, 0.5) is 17.6 Å². The van der Waals surface area contributed by atoms with E-state index in [1.807, 2.05) is 0 Å². The van der Waals surface area contributed by atoms with E-state index in [4.69, 9.17) is 25.8 Å². The number of methoxy groups -OCH3 is 1. The Hall–Kier alpha value is -3.94. The molecule has 1 atom stereocenters. The minimum absolute atomic E-state index is 0.00568. The van der Waals surface area contributed by atoms with Crippen LogP contribution >= 0.6 is 38.9 Å². The first-order valence-corrected chi connectivity index (χ1v) is 15.2. The zero-order valence-electron chi connectivity index (χ0n) is 23.5. The van der Waals surface area contributed by atoms with E-state index in [0.717, 1.165) is 4.57 Å². The maximum Gasteiger partial charge on any atom is 0.434 e. The van der Waals surface area contributed by atoms with Crippen molar-refractivity contribution in [2.24, 2.45) is 4.99 Å². The van der Waals surface area contributed by atoms with E-state index >= 15 is 0 Å². The number of nitrogens with zero attached hydrogens (tertiary/aromatic N) is 2. The van der Waals surface area contributed by atoms with E-state index in [1.54, 1.807) is 24.3 Å². The summed E-state index contributed by atoms with van der Waals surface area (Å²) in [4.78, 5) is 30.5. The van der Waals surface area contributed by atoms with Gasteiger partial charge in [-0.1, -0.05) is 63.1 Å². The van der Waals surface area contributed by atoms with Crippen LogP contribution in [0.25, 0.3) is 6.08 Å². The van der Waals surface area contributed by atoms with E-state index < -0.39 is 40.8 Å². The molecule has 0 saturated carbocycles. The maximum absolute atomic E-state index is 14.4. The SMILES string of the molecule is CCOC(=O)C1=C(C(F)(F)F)N=c2s/c(=C\c3cc(Br)cc(OC)c3OCc3ccc(F)cc3)c(=O)n2[C@@H]1c1ccc(Cl)cc1. The molecule has 0 saturated heterocycles. The fraction of sp³-hybridized carbons (Fsp3) is 0.194. The molecular formula is C31H22BrClF4N2O5S. The van der Waals surface area contributed by atoms with E-state index in [1.165, 1.54) is 56.5 Å². The molecule has 7 nitrogen and oxygen atoms in total. The number of alkyl halides is 3. The second-order valence-electron chi connectivity index (χ2n) is 9.56. The van der Waals surface area contributed by atoms with Gasteiger partial charge in [0.1, 0.15) is 12.4 Å². The first kappa shape index (κ1) is 32.5. The largest absolute Gasteiger partial charge is 0.493 e. The number of hydrogen-bond donors (Lipinski definition) is 0. The van der Waals surface area contributed by atoms with Gasteiger partial charge in [-0.3, -0.25) is 9.36 Å². The number of halogens is 6. The molecule has 0 spiro atoms. The van der Waals surface area contributed by atoms with Gasteiger partial charge in [-0.25, -0.2) is 14.2 Å². The number of aromatic nitrogens is 1. The average Bonchev–Trinajstić information content (AvgIpc) is 3.30. The zero-order chi connectivity index (χ0) is 32.5. The fourth-order valence-corrected chi connectivity index (χ4v) is 6.25.